The van der Waals surface area contributed by atoms with E-state index in [-0.39, 0.29) is 0 Å². The predicted octanol–water partition coefficient (Wildman–Crippen LogP) is 4.56. The van der Waals surface area contributed by atoms with E-state index in [0.717, 1.165) is 25.0 Å². The molecule has 142 valence electrons. The molecular formula is C20H33NO4. The molecule has 0 aromatic rings. The maximum atomic E-state index is 12.4. The number of hydrogen-bond donors (Lipinski definition) is 1. The molecule has 0 amide bonds. The standard InChI is InChI=1S/C20H33NO4/c1-3-20(4-2)17(22)24-19(25-18(20)23)21-16-14-12-10-8-6-5-7-9-11-13-15-16/h14,19,21H,3-13,15H2,1-2H3/b16-14+. The number of carbonyl (C=O) groups is 2. The molecule has 0 aromatic carbocycles. The lowest BCUT2D eigenvalue weighted by molar-refractivity contribution is -0.228. The van der Waals surface area contributed by atoms with Crippen LogP contribution >= 0.6 is 0 Å². The highest BCUT2D eigenvalue weighted by molar-refractivity contribution is 6.01. The lowest BCUT2D eigenvalue weighted by Gasteiger charge is -2.35. The summed E-state index contributed by atoms with van der Waals surface area (Å²) in [5.41, 5.74) is -0.120. The molecule has 25 heavy (non-hydrogen) atoms. The van der Waals surface area contributed by atoms with Gasteiger partial charge in [-0.05, 0) is 38.5 Å². The highest BCUT2D eigenvalue weighted by Crippen LogP contribution is 2.34. The van der Waals surface area contributed by atoms with Crippen LogP contribution in [0.1, 0.15) is 90.9 Å². The first-order valence-corrected chi connectivity index (χ1v) is 10.00. The summed E-state index contributed by atoms with van der Waals surface area (Å²) in [6.07, 6.45) is 13.9. The smallest absolute Gasteiger partial charge is 0.329 e. The summed E-state index contributed by atoms with van der Waals surface area (Å²) in [5, 5.41) is 3.13. The molecule has 2 rings (SSSR count). The number of carbonyl (C=O) groups excluding carboxylic acids is 2. The van der Waals surface area contributed by atoms with Crippen molar-refractivity contribution in [3.8, 4) is 0 Å². The Bertz CT molecular complexity index is 462. The molecule has 1 fully saturated rings. The van der Waals surface area contributed by atoms with Crippen molar-refractivity contribution in [3.05, 3.63) is 11.8 Å². The number of allylic oxidation sites excluding steroid dienone is 2. The second-order valence-corrected chi connectivity index (χ2v) is 7.17. The quantitative estimate of drug-likeness (QED) is 0.594. The van der Waals surface area contributed by atoms with E-state index in [1.165, 1.54) is 44.9 Å². The van der Waals surface area contributed by atoms with Crippen molar-refractivity contribution in [1.82, 2.24) is 5.32 Å². The SMILES string of the molecule is CCC1(CC)C(=O)OC(N/C2=C/CCCCCCCCCC2)OC1=O. The zero-order chi connectivity index (χ0) is 18.1. The van der Waals surface area contributed by atoms with Crippen LogP contribution in [0.2, 0.25) is 0 Å². The third kappa shape index (κ3) is 5.23. The minimum absolute atomic E-state index is 0.399. The van der Waals surface area contributed by atoms with E-state index in [2.05, 4.69) is 11.4 Å². The van der Waals surface area contributed by atoms with Crippen molar-refractivity contribution in [2.24, 2.45) is 5.41 Å². The van der Waals surface area contributed by atoms with Gasteiger partial charge in [-0.3, -0.25) is 9.59 Å². The Balaban J connectivity index is 1.96. The fourth-order valence-electron chi connectivity index (χ4n) is 3.59. The fourth-order valence-corrected chi connectivity index (χ4v) is 3.59. The van der Waals surface area contributed by atoms with Crippen LogP contribution in [0.3, 0.4) is 0 Å². The van der Waals surface area contributed by atoms with Crippen molar-refractivity contribution in [3.63, 3.8) is 0 Å². The van der Waals surface area contributed by atoms with Gasteiger partial charge in [0.1, 0.15) is 0 Å². The van der Waals surface area contributed by atoms with Gasteiger partial charge in [-0.2, -0.15) is 0 Å². The van der Waals surface area contributed by atoms with Crippen molar-refractivity contribution >= 4 is 11.9 Å². The first-order chi connectivity index (χ1) is 12.1. The fraction of sp³-hybridized carbons (Fsp3) is 0.800. The summed E-state index contributed by atoms with van der Waals surface area (Å²) in [6.45, 7) is 3.63. The van der Waals surface area contributed by atoms with Gasteiger partial charge in [-0.25, -0.2) is 0 Å². The van der Waals surface area contributed by atoms with Gasteiger partial charge >= 0.3 is 18.4 Å². The van der Waals surface area contributed by atoms with E-state index < -0.39 is 23.8 Å². The Kier molecular flexibility index (Phi) is 7.79. The second kappa shape index (κ2) is 9.83. The first kappa shape index (κ1) is 19.8. The summed E-state index contributed by atoms with van der Waals surface area (Å²) >= 11 is 0. The van der Waals surface area contributed by atoms with Gasteiger partial charge in [0.25, 0.3) is 0 Å². The first-order valence-electron chi connectivity index (χ1n) is 10.00. The molecule has 5 nitrogen and oxygen atoms in total. The van der Waals surface area contributed by atoms with E-state index in [1.54, 1.807) is 0 Å². The number of esters is 2. The molecule has 0 aromatic heterocycles. The third-order valence-corrected chi connectivity index (χ3v) is 5.51. The van der Waals surface area contributed by atoms with Crippen molar-refractivity contribution in [1.29, 1.82) is 0 Å². The number of rotatable bonds is 4. The summed E-state index contributed by atoms with van der Waals surface area (Å²) in [6, 6.07) is 0. The Labute approximate surface area is 151 Å². The largest absolute Gasteiger partial charge is 0.405 e. The van der Waals surface area contributed by atoms with E-state index in [9.17, 15) is 9.59 Å². The zero-order valence-corrected chi connectivity index (χ0v) is 15.8. The van der Waals surface area contributed by atoms with Gasteiger partial charge in [0.15, 0.2) is 5.41 Å². The normalized spacial score (nSPS) is 25.6. The molecule has 5 heteroatoms. The number of cyclic esters (lactones) is 2. The maximum Gasteiger partial charge on any atom is 0.329 e. The molecule has 1 aliphatic heterocycles. The highest BCUT2D eigenvalue weighted by Gasteiger charge is 2.51. The minimum Gasteiger partial charge on any atom is -0.405 e. The van der Waals surface area contributed by atoms with Crippen LogP contribution in [0.5, 0.6) is 0 Å². The average Bonchev–Trinajstić information content (AvgIpc) is 2.58. The minimum atomic E-state index is -1.14. The van der Waals surface area contributed by atoms with E-state index in [0.29, 0.717) is 12.8 Å². The third-order valence-electron chi connectivity index (χ3n) is 5.51. The van der Waals surface area contributed by atoms with Crippen LogP contribution in [0.15, 0.2) is 11.8 Å². The lowest BCUT2D eigenvalue weighted by atomic mass is 9.82. The van der Waals surface area contributed by atoms with E-state index in [1.807, 2.05) is 13.8 Å². The number of ether oxygens (including phenoxy) is 2. The van der Waals surface area contributed by atoms with Crippen LogP contribution in [0.4, 0.5) is 0 Å². The van der Waals surface area contributed by atoms with Gasteiger partial charge in [0, 0.05) is 5.70 Å². The molecule has 0 saturated carbocycles. The molecule has 0 radical (unpaired) electrons. The predicted molar refractivity (Wildman–Crippen MR) is 96.4 cm³/mol. The second-order valence-electron chi connectivity index (χ2n) is 7.17. The van der Waals surface area contributed by atoms with Gasteiger partial charge in [0.2, 0.25) is 0 Å². The molecule has 1 heterocycles. The molecule has 0 bridgehead atoms. The van der Waals surface area contributed by atoms with Crippen molar-refractivity contribution in [2.45, 2.75) is 97.3 Å². The molecule has 1 aliphatic carbocycles. The van der Waals surface area contributed by atoms with Crippen LogP contribution in [0.25, 0.3) is 0 Å². The van der Waals surface area contributed by atoms with E-state index >= 15 is 0 Å². The van der Waals surface area contributed by atoms with Crippen LogP contribution < -0.4 is 5.32 Å². The number of hydrogen-bond acceptors (Lipinski definition) is 5. The maximum absolute atomic E-state index is 12.4. The lowest BCUT2D eigenvalue weighted by Crippen LogP contribution is -2.53. The summed E-state index contributed by atoms with van der Waals surface area (Å²) in [7, 11) is 0. The molecule has 0 spiro atoms. The van der Waals surface area contributed by atoms with Crippen LogP contribution in [-0.2, 0) is 19.1 Å². The van der Waals surface area contributed by atoms with Crippen molar-refractivity contribution < 1.29 is 19.1 Å². The van der Waals surface area contributed by atoms with Crippen molar-refractivity contribution in [2.75, 3.05) is 0 Å². The van der Waals surface area contributed by atoms with Crippen LogP contribution in [-0.4, -0.2) is 18.4 Å². The average molecular weight is 351 g/mol. The summed E-state index contributed by atoms with van der Waals surface area (Å²) in [4.78, 5) is 24.7. The Morgan fingerprint density at radius 1 is 0.920 bits per heavy atom. The van der Waals surface area contributed by atoms with Gasteiger partial charge in [-0.15, -0.1) is 0 Å². The monoisotopic (exact) mass is 351 g/mol. The summed E-state index contributed by atoms with van der Waals surface area (Å²) < 4.78 is 10.8. The molecule has 1 N–H and O–H groups in total. The number of nitrogens with one attached hydrogen (secondary N) is 1. The van der Waals surface area contributed by atoms with Gasteiger partial charge < -0.3 is 14.8 Å². The van der Waals surface area contributed by atoms with E-state index in [4.69, 9.17) is 9.47 Å². The molecular weight excluding hydrogens is 318 g/mol. The zero-order valence-electron chi connectivity index (χ0n) is 15.8. The van der Waals surface area contributed by atoms with Crippen LogP contribution in [0, 0.1) is 5.41 Å². The topological polar surface area (TPSA) is 64.6 Å². The Hall–Kier alpha value is -1.52. The molecule has 0 atom stereocenters. The van der Waals surface area contributed by atoms with Gasteiger partial charge in [-0.1, -0.05) is 58.4 Å². The summed E-state index contributed by atoms with van der Waals surface area (Å²) in [5.74, 6) is -0.944. The Morgan fingerprint density at radius 2 is 1.44 bits per heavy atom. The highest BCUT2D eigenvalue weighted by atomic mass is 16.7. The Morgan fingerprint density at radius 3 is 2.00 bits per heavy atom. The molecule has 1 saturated heterocycles. The molecule has 2 aliphatic rings. The van der Waals surface area contributed by atoms with Gasteiger partial charge in [0.05, 0.1) is 0 Å². The molecule has 0 unspecified atom stereocenters.